The first-order valence-corrected chi connectivity index (χ1v) is 16.7. The number of hydrogen-bond acceptors (Lipinski definition) is 4. The Kier molecular flexibility index (Phi) is 12.3. The van der Waals surface area contributed by atoms with Crippen LogP contribution in [-0.2, 0) is 43.2 Å². The van der Waals surface area contributed by atoms with E-state index < -0.39 is 0 Å². The fourth-order valence-electron chi connectivity index (χ4n) is 6.02. The number of aryl methyl sites for hydroxylation is 1. The van der Waals surface area contributed by atoms with E-state index in [2.05, 4.69) is 74.3 Å². The molecular formula is C41H51IrN2O2-. The van der Waals surface area contributed by atoms with Gasteiger partial charge in [-0.3, -0.25) is 14.8 Å². The van der Waals surface area contributed by atoms with Gasteiger partial charge in [0, 0.05) is 66.4 Å². The van der Waals surface area contributed by atoms with Crippen molar-refractivity contribution in [1.29, 1.82) is 0 Å². The first-order valence-electron chi connectivity index (χ1n) is 16.7. The van der Waals surface area contributed by atoms with Crippen LogP contribution in [0.3, 0.4) is 0 Å². The van der Waals surface area contributed by atoms with Crippen molar-refractivity contribution in [2.24, 2.45) is 10.8 Å². The van der Waals surface area contributed by atoms with Crippen molar-refractivity contribution in [2.75, 3.05) is 0 Å². The molecule has 0 saturated heterocycles. The molecule has 0 atom stereocenters. The third kappa shape index (κ3) is 7.69. The monoisotopic (exact) mass is 796 g/mol. The van der Waals surface area contributed by atoms with Crippen LogP contribution in [-0.4, -0.2) is 20.9 Å². The van der Waals surface area contributed by atoms with Gasteiger partial charge in [-0.25, -0.2) is 0 Å². The predicted octanol–water partition coefficient (Wildman–Crippen LogP) is 10.8. The van der Waals surface area contributed by atoms with E-state index in [1.54, 1.807) is 0 Å². The molecule has 4 nitrogen and oxygen atoms in total. The molecule has 0 amide bonds. The third-order valence-corrected chi connectivity index (χ3v) is 10.3. The maximum atomic E-state index is 12.2. The fourth-order valence-corrected chi connectivity index (χ4v) is 6.02. The molecule has 4 aromatic rings. The van der Waals surface area contributed by atoms with Gasteiger partial charge in [-0.1, -0.05) is 97.5 Å². The van der Waals surface area contributed by atoms with Gasteiger partial charge in [-0.05, 0) is 67.2 Å². The first-order chi connectivity index (χ1) is 21.3. The minimum atomic E-state index is -0.337. The summed E-state index contributed by atoms with van der Waals surface area (Å²) >= 11 is 0. The van der Waals surface area contributed by atoms with E-state index in [9.17, 15) is 9.90 Å². The number of allylic oxidation sites excluding steroid dienone is 2. The van der Waals surface area contributed by atoms with Crippen LogP contribution in [0.1, 0.15) is 105 Å². The molecule has 5 rings (SSSR count). The molecule has 247 valence electrons. The Morgan fingerprint density at radius 3 is 2.11 bits per heavy atom. The molecule has 0 spiro atoms. The van der Waals surface area contributed by atoms with Crippen LogP contribution in [0.5, 0.6) is 0 Å². The number of ketones is 1. The summed E-state index contributed by atoms with van der Waals surface area (Å²) in [5.41, 5.74) is 7.94. The van der Waals surface area contributed by atoms with Crippen LogP contribution >= 0.6 is 0 Å². The minimum absolute atomic E-state index is 0. The molecule has 1 aliphatic carbocycles. The predicted molar refractivity (Wildman–Crippen MR) is 188 cm³/mol. The van der Waals surface area contributed by atoms with Gasteiger partial charge in [-0.2, -0.15) is 0 Å². The van der Waals surface area contributed by atoms with Gasteiger partial charge in [0.15, 0.2) is 5.78 Å². The number of aromatic nitrogens is 2. The van der Waals surface area contributed by atoms with Crippen molar-refractivity contribution in [3.8, 4) is 22.4 Å². The molecule has 0 fully saturated rings. The summed E-state index contributed by atoms with van der Waals surface area (Å²) in [5.74, 6) is 0.286. The maximum Gasteiger partial charge on any atom is 0.164 e. The standard InChI is InChI=1S/C26H23N2.C15H28O2.Ir/c1-26(2,3)23-16-18(15-17-7-4-5-8-19(17)23)25-22-10-11-24-21(9-6-13-27-24)20(22)12-14-28-25;1-7-14(5,8-2)12(16)11-13(17)15(6,9-3)10-4;/h4-9,12-14,16H,10-11H2,1-3H3;11,16H,7-10H2,1-6H3;/q-1;;/b;12-11-;. The van der Waals surface area contributed by atoms with Crippen molar-refractivity contribution in [3.63, 3.8) is 0 Å². The van der Waals surface area contributed by atoms with Gasteiger partial charge in [0.25, 0.3) is 0 Å². The smallest absolute Gasteiger partial charge is 0.164 e. The molecule has 5 heteroatoms. The Morgan fingerprint density at radius 2 is 1.48 bits per heavy atom. The van der Waals surface area contributed by atoms with Gasteiger partial charge in [0.2, 0.25) is 0 Å². The number of carbonyl (C=O) groups is 1. The molecule has 0 bridgehead atoms. The molecule has 1 radical (unpaired) electrons. The number of rotatable bonds is 8. The summed E-state index contributed by atoms with van der Waals surface area (Å²) in [5, 5.41) is 12.6. The van der Waals surface area contributed by atoms with E-state index in [0.717, 1.165) is 55.2 Å². The Hall–Kier alpha value is -3.14. The number of pyridine rings is 2. The Balaban J connectivity index is 0.000000280. The molecule has 1 aliphatic rings. The van der Waals surface area contributed by atoms with Crippen LogP contribution in [0, 0.1) is 16.9 Å². The number of nitrogens with zero attached hydrogens (tertiary/aromatic N) is 2. The van der Waals surface area contributed by atoms with Gasteiger partial charge in [0.1, 0.15) is 5.76 Å². The number of fused-ring (bicyclic) bond motifs is 4. The van der Waals surface area contributed by atoms with E-state index in [4.69, 9.17) is 4.98 Å². The van der Waals surface area contributed by atoms with E-state index >= 15 is 0 Å². The fraction of sp³-hybridized carbons (Fsp3) is 0.439. The van der Waals surface area contributed by atoms with E-state index in [1.165, 1.54) is 39.4 Å². The SMILES string of the molecule is CC(C)(C)c1cc(-c2nccc3c2CCc2ncccc2-3)[c-]c2ccccc12.CCC(C)(CC)C(=O)/C=C(\O)C(C)(CC)CC.[Ir]. The minimum Gasteiger partial charge on any atom is -0.512 e. The van der Waals surface area contributed by atoms with E-state index in [0.29, 0.717) is 0 Å². The van der Waals surface area contributed by atoms with Gasteiger partial charge in [-0.15, -0.1) is 29.1 Å². The maximum absolute atomic E-state index is 12.2. The van der Waals surface area contributed by atoms with Gasteiger partial charge >= 0.3 is 0 Å². The average molecular weight is 796 g/mol. The van der Waals surface area contributed by atoms with Crippen LogP contribution in [0.15, 0.2) is 72.8 Å². The topological polar surface area (TPSA) is 63.1 Å². The summed E-state index contributed by atoms with van der Waals surface area (Å²) in [4.78, 5) is 21.6. The van der Waals surface area contributed by atoms with Crippen LogP contribution < -0.4 is 0 Å². The largest absolute Gasteiger partial charge is 0.512 e. The molecule has 46 heavy (non-hydrogen) atoms. The molecule has 0 aliphatic heterocycles. The van der Waals surface area contributed by atoms with Crippen LogP contribution in [0.25, 0.3) is 33.2 Å². The number of aliphatic hydroxyl groups is 1. The molecule has 2 heterocycles. The third-order valence-electron chi connectivity index (χ3n) is 10.3. The molecular weight excluding hydrogens is 745 g/mol. The van der Waals surface area contributed by atoms with E-state index in [-0.39, 0.29) is 47.9 Å². The zero-order valence-corrected chi connectivity index (χ0v) is 31.6. The first kappa shape index (κ1) is 37.3. The van der Waals surface area contributed by atoms with Crippen LogP contribution in [0.4, 0.5) is 0 Å². The van der Waals surface area contributed by atoms with Crippen molar-refractivity contribution in [3.05, 3.63) is 95.6 Å². The average Bonchev–Trinajstić information content (AvgIpc) is 3.06. The second-order valence-electron chi connectivity index (χ2n) is 14.0. The zero-order valence-electron chi connectivity index (χ0n) is 29.2. The van der Waals surface area contributed by atoms with Crippen LogP contribution in [0.2, 0.25) is 0 Å². The zero-order chi connectivity index (χ0) is 33.0. The summed E-state index contributed by atoms with van der Waals surface area (Å²) < 4.78 is 0. The summed E-state index contributed by atoms with van der Waals surface area (Å²) in [7, 11) is 0. The summed E-state index contributed by atoms with van der Waals surface area (Å²) in [6, 6.07) is 20.8. The van der Waals surface area contributed by atoms with E-state index in [1.807, 2.05) is 60.0 Å². The molecule has 2 aromatic carbocycles. The Morgan fingerprint density at radius 1 is 0.826 bits per heavy atom. The number of benzene rings is 2. The quantitative estimate of drug-likeness (QED) is 0.110. The number of carbonyl (C=O) groups excluding carboxylic acids is 1. The van der Waals surface area contributed by atoms with Gasteiger partial charge < -0.3 is 5.11 Å². The number of aliphatic hydroxyl groups excluding tert-OH is 1. The van der Waals surface area contributed by atoms with Gasteiger partial charge in [0.05, 0.1) is 0 Å². The molecule has 0 unspecified atom stereocenters. The second kappa shape index (κ2) is 15.2. The normalized spacial score (nSPS) is 13.2. The van der Waals surface area contributed by atoms with Crippen molar-refractivity contribution in [1.82, 2.24) is 9.97 Å². The molecule has 2 aromatic heterocycles. The van der Waals surface area contributed by atoms with Crippen molar-refractivity contribution < 1.29 is 30.0 Å². The number of hydrogen-bond donors (Lipinski definition) is 1. The van der Waals surface area contributed by atoms with Crippen molar-refractivity contribution in [2.45, 2.75) is 106 Å². The Bertz CT molecular complexity index is 1690. The molecule has 0 saturated carbocycles. The summed E-state index contributed by atoms with van der Waals surface area (Å²) in [6.45, 7) is 18.9. The molecule has 1 N–H and O–H groups in total. The summed E-state index contributed by atoms with van der Waals surface area (Å²) in [6.07, 6.45) is 10.5. The Labute approximate surface area is 290 Å². The van der Waals surface area contributed by atoms with Crippen molar-refractivity contribution >= 4 is 16.6 Å². The second-order valence-corrected chi connectivity index (χ2v) is 14.0.